The van der Waals surface area contributed by atoms with Crippen LogP contribution in [-0.2, 0) is 27.2 Å². The molecule has 188 valence electrons. The normalized spacial score (nSPS) is 14.9. The van der Waals surface area contributed by atoms with E-state index in [2.05, 4.69) is 5.32 Å². The number of halogens is 1. The van der Waals surface area contributed by atoms with Gasteiger partial charge in [0, 0.05) is 37.4 Å². The summed E-state index contributed by atoms with van der Waals surface area (Å²) in [6, 6.07) is 13.7. The minimum Gasteiger partial charge on any atom is -0.494 e. The van der Waals surface area contributed by atoms with E-state index < -0.39 is 12.0 Å². The average Bonchev–Trinajstić information content (AvgIpc) is 2.85. The highest BCUT2D eigenvalue weighted by Crippen LogP contribution is 2.22. The number of ether oxygens (including phenoxy) is 1. The molecule has 7 nitrogen and oxygen atoms in total. The van der Waals surface area contributed by atoms with E-state index >= 15 is 0 Å². The fraction of sp³-hybridized carbons (Fsp3) is 0.444. The largest absolute Gasteiger partial charge is 0.494 e. The van der Waals surface area contributed by atoms with Crippen molar-refractivity contribution in [1.82, 2.24) is 10.2 Å². The number of hydrogen-bond acceptors (Lipinski definition) is 4. The third kappa shape index (κ3) is 8.58. The minimum absolute atomic E-state index is 0.121. The second-order valence-electron chi connectivity index (χ2n) is 8.89. The van der Waals surface area contributed by atoms with E-state index in [0.29, 0.717) is 37.6 Å². The summed E-state index contributed by atoms with van der Waals surface area (Å²) in [5.41, 5.74) is 1.89. The molecule has 0 saturated carbocycles. The zero-order valence-electron chi connectivity index (χ0n) is 20.0. The van der Waals surface area contributed by atoms with E-state index in [4.69, 9.17) is 16.3 Å². The number of hydrogen-bond donors (Lipinski definition) is 2. The van der Waals surface area contributed by atoms with E-state index in [1.165, 1.54) is 0 Å². The molecule has 0 aromatic heterocycles. The number of aliphatic carboxylic acids is 1. The molecule has 2 N–H and O–H groups in total. The molecule has 0 radical (unpaired) electrons. The Bertz CT molecular complexity index is 986. The first kappa shape index (κ1) is 26.5. The molecule has 2 aromatic rings. The van der Waals surface area contributed by atoms with Crippen LogP contribution in [0.3, 0.4) is 0 Å². The summed E-state index contributed by atoms with van der Waals surface area (Å²) in [5.74, 6) is -0.257. The number of nitrogens with zero attached hydrogens (tertiary/aromatic N) is 1. The van der Waals surface area contributed by atoms with Crippen LogP contribution in [0.2, 0.25) is 5.02 Å². The number of likely N-dealkylation sites (tertiary alicyclic amines) is 1. The maximum absolute atomic E-state index is 12.6. The molecule has 0 aliphatic carbocycles. The molecule has 35 heavy (non-hydrogen) atoms. The van der Waals surface area contributed by atoms with Crippen molar-refractivity contribution in [2.24, 2.45) is 5.92 Å². The third-order valence-electron chi connectivity index (χ3n) is 6.29. The summed E-state index contributed by atoms with van der Waals surface area (Å²) in [7, 11) is 0. The van der Waals surface area contributed by atoms with E-state index in [-0.39, 0.29) is 30.6 Å². The summed E-state index contributed by atoms with van der Waals surface area (Å²) < 4.78 is 5.45. The van der Waals surface area contributed by atoms with Crippen molar-refractivity contribution < 1.29 is 24.2 Å². The average molecular weight is 501 g/mol. The van der Waals surface area contributed by atoms with Crippen molar-refractivity contribution in [3.63, 3.8) is 0 Å². The van der Waals surface area contributed by atoms with Gasteiger partial charge in [-0.25, -0.2) is 4.79 Å². The molecule has 0 spiro atoms. The number of amides is 2. The van der Waals surface area contributed by atoms with E-state index in [9.17, 15) is 19.5 Å². The van der Waals surface area contributed by atoms with Gasteiger partial charge in [0.25, 0.3) is 0 Å². The number of piperidine rings is 1. The van der Waals surface area contributed by atoms with Gasteiger partial charge in [0.1, 0.15) is 11.8 Å². The van der Waals surface area contributed by atoms with Crippen molar-refractivity contribution >= 4 is 29.4 Å². The van der Waals surface area contributed by atoms with Crippen LogP contribution in [0.15, 0.2) is 48.5 Å². The van der Waals surface area contributed by atoms with Gasteiger partial charge in [-0.2, -0.15) is 0 Å². The molecule has 1 atom stereocenters. The molecule has 8 heteroatoms. The molecule has 2 aromatic carbocycles. The number of carbonyl (C=O) groups is 3. The molecule has 1 aliphatic rings. The van der Waals surface area contributed by atoms with Crippen LogP contribution in [0.4, 0.5) is 0 Å². The highest BCUT2D eigenvalue weighted by molar-refractivity contribution is 6.30. The first-order valence-electron chi connectivity index (χ1n) is 12.1. The maximum Gasteiger partial charge on any atom is 0.326 e. The van der Waals surface area contributed by atoms with Crippen molar-refractivity contribution in [2.75, 3.05) is 19.7 Å². The zero-order valence-corrected chi connectivity index (χ0v) is 20.8. The Balaban J connectivity index is 1.39. The Labute approximate surface area is 211 Å². The zero-order chi connectivity index (χ0) is 25.2. The predicted octanol–water partition coefficient (Wildman–Crippen LogP) is 4.11. The SMILES string of the molecule is CCOc1ccc(CCC(=O)N2CCC(CC(=O)N[C@@H](Cc3ccc(Cl)cc3)C(=O)O)CC2)cc1. The number of aryl methyl sites for hydroxylation is 1. The molecular weight excluding hydrogens is 468 g/mol. The number of carboxylic acid groups (broad SMARTS) is 1. The van der Waals surface area contributed by atoms with E-state index in [0.717, 1.165) is 29.7 Å². The fourth-order valence-electron chi connectivity index (χ4n) is 4.29. The molecule has 0 bridgehead atoms. The van der Waals surface area contributed by atoms with Gasteiger partial charge in [0.2, 0.25) is 11.8 Å². The van der Waals surface area contributed by atoms with E-state index in [1.54, 1.807) is 24.3 Å². The topological polar surface area (TPSA) is 95.9 Å². The van der Waals surface area contributed by atoms with Gasteiger partial charge in [-0.1, -0.05) is 35.9 Å². The van der Waals surface area contributed by atoms with Crippen LogP contribution in [0, 0.1) is 5.92 Å². The first-order chi connectivity index (χ1) is 16.8. The Morgan fingerprint density at radius 3 is 2.29 bits per heavy atom. The van der Waals surface area contributed by atoms with Gasteiger partial charge in [-0.05, 0) is 67.5 Å². The lowest BCUT2D eigenvalue weighted by Crippen LogP contribution is -2.44. The van der Waals surface area contributed by atoms with Gasteiger partial charge < -0.3 is 20.1 Å². The second kappa shape index (κ2) is 13.1. The predicted molar refractivity (Wildman–Crippen MR) is 135 cm³/mol. The number of nitrogens with one attached hydrogen (secondary N) is 1. The second-order valence-corrected chi connectivity index (χ2v) is 9.33. The summed E-state index contributed by atoms with van der Waals surface area (Å²) in [6.45, 7) is 3.80. The lowest BCUT2D eigenvalue weighted by atomic mass is 9.92. The monoisotopic (exact) mass is 500 g/mol. The third-order valence-corrected chi connectivity index (χ3v) is 6.54. The van der Waals surface area contributed by atoms with Gasteiger partial charge in [0.05, 0.1) is 6.61 Å². The van der Waals surface area contributed by atoms with Gasteiger partial charge in [-0.3, -0.25) is 9.59 Å². The van der Waals surface area contributed by atoms with Crippen LogP contribution in [0.25, 0.3) is 0 Å². The Kier molecular flexibility index (Phi) is 9.97. The van der Waals surface area contributed by atoms with Gasteiger partial charge >= 0.3 is 5.97 Å². The highest BCUT2D eigenvalue weighted by Gasteiger charge is 2.26. The molecule has 1 heterocycles. The van der Waals surface area contributed by atoms with Crippen LogP contribution >= 0.6 is 11.6 Å². The molecule has 0 unspecified atom stereocenters. The quantitative estimate of drug-likeness (QED) is 0.484. The maximum atomic E-state index is 12.6. The van der Waals surface area contributed by atoms with Crippen LogP contribution < -0.4 is 10.1 Å². The smallest absolute Gasteiger partial charge is 0.326 e. The van der Waals surface area contributed by atoms with Gasteiger partial charge in [0.15, 0.2) is 0 Å². The fourth-order valence-corrected chi connectivity index (χ4v) is 4.41. The van der Waals surface area contributed by atoms with Gasteiger partial charge in [-0.15, -0.1) is 0 Å². The van der Waals surface area contributed by atoms with Crippen LogP contribution in [0.5, 0.6) is 5.75 Å². The summed E-state index contributed by atoms with van der Waals surface area (Å²) >= 11 is 5.88. The lowest BCUT2D eigenvalue weighted by molar-refractivity contribution is -0.142. The Morgan fingerprint density at radius 1 is 1.06 bits per heavy atom. The summed E-state index contributed by atoms with van der Waals surface area (Å²) in [5, 5.41) is 12.7. The summed E-state index contributed by atoms with van der Waals surface area (Å²) in [6.07, 6.45) is 3.05. The lowest BCUT2D eigenvalue weighted by Gasteiger charge is -2.32. The molecule has 1 fully saturated rings. The highest BCUT2D eigenvalue weighted by atomic mass is 35.5. The van der Waals surface area contributed by atoms with Crippen molar-refractivity contribution in [3.8, 4) is 5.75 Å². The standard InChI is InChI=1S/C27H33ClN2O5/c1-2-35-23-10-5-19(6-11-23)7-12-26(32)30-15-13-21(14-16-30)18-25(31)29-24(27(33)34)17-20-3-8-22(28)9-4-20/h3-6,8-11,21,24H,2,7,12-18H2,1H3,(H,29,31)(H,33,34)/t24-/m0/s1. The molecule has 1 aliphatic heterocycles. The first-order valence-corrected chi connectivity index (χ1v) is 12.5. The molecule has 3 rings (SSSR count). The number of benzene rings is 2. The van der Waals surface area contributed by atoms with Crippen molar-refractivity contribution in [1.29, 1.82) is 0 Å². The minimum atomic E-state index is -1.07. The van der Waals surface area contributed by atoms with E-state index in [1.807, 2.05) is 36.1 Å². The Hall–Kier alpha value is -3.06. The number of carbonyl (C=O) groups excluding carboxylic acids is 2. The molecule has 2 amide bonds. The molecular formula is C27H33ClN2O5. The summed E-state index contributed by atoms with van der Waals surface area (Å²) in [4.78, 5) is 38.7. The number of carboxylic acids is 1. The van der Waals surface area contributed by atoms with Crippen LogP contribution in [-0.4, -0.2) is 53.5 Å². The van der Waals surface area contributed by atoms with Crippen molar-refractivity contribution in [2.45, 2.75) is 51.5 Å². The van der Waals surface area contributed by atoms with Crippen molar-refractivity contribution in [3.05, 3.63) is 64.7 Å². The number of rotatable bonds is 11. The van der Waals surface area contributed by atoms with Crippen LogP contribution in [0.1, 0.15) is 43.7 Å². The molecule has 1 saturated heterocycles. The Morgan fingerprint density at radius 2 is 1.69 bits per heavy atom.